The monoisotopic (exact) mass is 385 g/mol. The third kappa shape index (κ3) is 3.02. The molecule has 140 valence electrons. The molecule has 8 heteroatoms. The van der Waals surface area contributed by atoms with Gasteiger partial charge in [-0.05, 0) is 31.9 Å². The van der Waals surface area contributed by atoms with Gasteiger partial charge in [0.1, 0.15) is 10.7 Å². The number of para-hydroxylation sites is 1. The highest BCUT2D eigenvalue weighted by Gasteiger charge is 2.51. The Hall–Kier alpha value is -2.67. The van der Waals surface area contributed by atoms with E-state index in [0.29, 0.717) is 29.3 Å². The first-order chi connectivity index (χ1) is 13.0. The number of halogens is 1. The molecule has 1 saturated carbocycles. The molecule has 2 aliphatic rings. The van der Waals surface area contributed by atoms with Crippen molar-refractivity contribution < 1.29 is 9.59 Å². The van der Waals surface area contributed by atoms with E-state index in [0.717, 1.165) is 30.0 Å². The Bertz CT molecular complexity index is 916. The maximum Gasteiger partial charge on any atom is 0.346 e. The van der Waals surface area contributed by atoms with Gasteiger partial charge in [-0.2, -0.15) is 10.2 Å². The maximum atomic E-state index is 12.8. The SMILES string of the molecule is Cc1nn(-c2ccccc2)c(Cl)c1/C=N\N1C(=O)NC2(CCCCC2)C1=O. The lowest BCUT2D eigenvalue weighted by atomic mass is 9.82. The van der Waals surface area contributed by atoms with Gasteiger partial charge in [-0.1, -0.05) is 49.1 Å². The zero-order valence-corrected chi connectivity index (χ0v) is 15.7. The number of amides is 3. The summed E-state index contributed by atoms with van der Waals surface area (Å²) in [5.74, 6) is -0.285. The van der Waals surface area contributed by atoms with Gasteiger partial charge in [0.05, 0.1) is 23.2 Å². The van der Waals surface area contributed by atoms with E-state index in [2.05, 4.69) is 15.5 Å². The molecular formula is C19H20ClN5O2. The third-order valence-corrected chi connectivity index (χ3v) is 5.56. The summed E-state index contributed by atoms with van der Waals surface area (Å²) in [7, 11) is 0. The Balaban J connectivity index is 1.61. The Morgan fingerprint density at radius 2 is 1.89 bits per heavy atom. The summed E-state index contributed by atoms with van der Waals surface area (Å²) in [4.78, 5) is 25.1. The van der Waals surface area contributed by atoms with Gasteiger partial charge in [0.25, 0.3) is 5.91 Å². The predicted octanol–water partition coefficient (Wildman–Crippen LogP) is 3.42. The minimum atomic E-state index is -0.792. The number of aromatic nitrogens is 2. The van der Waals surface area contributed by atoms with Crippen LogP contribution < -0.4 is 5.32 Å². The maximum absolute atomic E-state index is 12.8. The van der Waals surface area contributed by atoms with Gasteiger partial charge in [0.15, 0.2) is 0 Å². The van der Waals surface area contributed by atoms with Crippen molar-refractivity contribution in [3.05, 3.63) is 46.7 Å². The number of hydrogen-bond acceptors (Lipinski definition) is 4. The Kier molecular flexibility index (Phi) is 4.47. The summed E-state index contributed by atoms with van der Waals surface area (Å²) in [6.45, 7) is 1.81. The lowest BCUT2D eigenvalue weighted by Gasteiger charge is -2.29. The van der Waals surface area contributed by atoms with Crippen LogP contribution in [0, 0.1) is 6.92 Å². The summed E-state index contributed by atoms with van der Waals surface area (Å²) >= 11 is 6.47. The van der Waals surface area contributed by atoms with E-state index in [1.165, 1.54) is 6.21 Å². The van der Waals surface area contributed by atoms with Crippen LogP contribution >= 0.6 is 11.6 Å². The number of nitrogens with one attached hydrogen (secondary N) is 1. The van der Waals surface area contributed by atoms with Gasteiger partial charge in [0, 0.05) is 0 Å². The van der Waals surface area contributed by atoms with Crippen molar-refractivity contribution in [1.82, 2.24) is 20.1 Å². The predicted molar refractivity (Wildman–Crippen MR) is 102 cm³/mol. The van der Waals surface area contributed by atoms with E-state index in [1.807, 2.05) is 30.3 Å². The number of hydrazone groups is 1. The van der Waals surface area contributed by atoms with Gasteiger partial charge in [-0.3, -0.25) is 4.79 Å². The van der Waals surface area contributed by atoms with Crippen molar-refractivity contribution in [2.24, 2.45) is 5.10 Å². The lowest BCUT2D eigenvalue weighted by molar-refractivity contribution is -0.132. The smallest absolute Gasteiger partial charge is 0.321 e. The number of hydrogen-bond donors (Lipinski definition) is 1. The molecule has 2 heterocycles. The average Bonchev–Trinajstić information content (AvgIpc) is 3.08. The number of nitrogens with zero attached hydrogens (tertiary/aromatic N) is 4. The number of aryl methyl sites for hydroxylation is 1. The molecule has 2 fully saturated rings. The van der Waals surface area contributed by atoms with Crippen molar-refractivity contribution in [3.8, 4) is 5.69 Å². The van der Waals surface area contributed by atoms with E-state index in [4.69, 9.17) is 11.6 Å². The van der Waals surface area contributed by atoms with Crippen molar-refractivity contribution in [2.45, 2.75) is 44.6 Å². The fourth-order valence-electron chi connectivity index (χ4n) is 3.72. The molecule has 1 spiro atoms. The van der Waals surface area contributed by atoms with Crippen LogP contribution in [0.2, 0.25) is 5.15 Å². The van der Waals surface area contributed by atoms with Crippen LogP contribution in [0.1, 0.15) is 43.4 Å². The molecular weight excluding hydrogens is 366 g/mol. The zero-order chi connectivity index (χ0) is 19.0. The molecule has 4 rings (SSSR count). The second-order valence-electron chi connectivity index (χ2n) is 6.97. The number of imide groups is 1. The minimum absolute atomic E-state index is 0.285. The fourth-order valence-corrected chi connectivity index (χ4v) is 4.04. The van der Waals surface area contributed by atoms with Crippen LogP contribution in [0.5, 0.6) is 0 Å². The molecule has 1 aromatic carbocycles. The van der Waals surface area contributed by atoms with Gasteiger partial charge in [-0.25, -0.2) is 9.48 Å². The highest BCUT2D eigenvalue weighted by Crippen LogP contribution is 2.33. The third-order valence-electron chi connectivity index (χ3n) is 5.20. The van der Waals surface area contributed by atoms with Crippen LogP contribution in [-0.2, 0) is 4.79 Å². The van der Waals surface area contributed by atoms with Crippen LogP contribution in [0.3, 0.4) is 0 Å². The molecule has 0 radical (unpaired) electrons. The number of carbonyl (C=O) groups excluding carboxylic acids is 2. The van der Waals surface area contributed by atoms with Crippen LogP contribution in [0.25, 0.3) is 5.69 Å². The summed E-state index contributed by atoms with van der Waals surface area (Å²) in [5, 5.41) is 12.7. The largest absolute Gasteiger partial charge is 0.346 e. The Labute approximate surface area is 162 Å². The molecule has 0 bridgehead atoms. The fraction of sp³-hybridized carbons (Fsp3) is 0.368. The van der Waals surface area contributed by atoms with Gasteiger partial charge in [0.2, 0.25) is 0 Å². The molecule has 27 heavy (non-hydrogen) atoms. The van der Waals surface area contributed by atoms with E-state index in [1.54, 1.807) is 11.6 Å². The highest BCUT2D eigenvalue weighted by atomic mass is 35.5. The van der Waals surface area contributed by atoms with Crippen molar-refractivity contribution >= 4 is 29.8 Å². The van der Waals surface area contributed by atoms with E-state index in [-0.39, 0.29) is 5.91 Å². The molecule has 1 saturated heterocycles. The van der Waals surface area contributed by atoms with Gasteiger partial charge in [-0.15, -0.1) is 5.01 Å². The van der Waals surface area contributed by atoms with Crippen molar-refractivity contribution in [3.63, 3.8) is 0 Å². The van der Waals surface area contributed by atoms with Crippen LogP contribution in [0.4, 0.5) is 4.79 Å². The number of carbonyl (C=O) groups is 2. The normalized spacial score (nSPS) is 19.3. The molecule has 1 aliphatic carbocycles. The first-order valence-corrected chi connectivity index (χ1v) is 9.41. The quantitative estimate of drug-likeness (QED) is 0.649. The summed E-state index contributed by atoms with van der Waals surface area (Å²) in [6, 6.07) is 9.00. The lowest BCUT2D eigenvalue weighted by Crippen LogP contribution is -2.48. The highest BCUT2D eigenvalue weighted by molar-refractivity contribution is 6.32. The number of urea groups is 1. The molecule has 2 aromatic rings. The van der Waals surface area contributed by atoms with Crippen LogP contribution in [0.15, 0.2) is 35.4 Å². The molecule has 1 aromatic heterocycles. The van der Waals surface area contributed by atoms with E-state index < -0.39 is 11.6 Å². The summed E-state index contributed by atoms with van der Waals surface area (Å²) < 4.78 is 1.60. The zero-order valence-electron chi connectivity index (χ0n) is 15.0. The standard InChI is InChI=1S/C19H20ClN5O2/c1-13-15(16(20)24(23-13)14-8-4-2-5-9-14)12-21-25-17(26)19(22-18(25)27)10-6-3-7-11-19/h2,4-5,8-9,12H,3,6-7,10-11H2,1H3,(H,22,27)/b21-12-. The number of benzene rings is 1. The van der Waals surface area contributed by atoms with Gasteiger partial charge < -0.3 is 5.32 Å². The summed E-state index contributed by atoms with van der Waals surface area (Å²) in [5.41, 5.74) is 1.26. The minimum Gasteiger partial charge on any atom is -0.321 e. The molecule has 1 N–H and O–H groups in total. The number of rotatable bonds is 3. The molecule has 0 unspecified atom stereocenters. The molecule has 1 aliphatic heterocycles. The van der Waals surface area contributed by atoms with Crippen molar-refractivity contribution in [1.29, 1.82) is 0 Å². The Morgan fingerprint density at radius 3 is 2.59 bits per heavy atom. The first-order valence-electron chi connectivity index (χ1n) is 9.03. The van der Waals surface area contributed by atoms with E-state index >= 15 is 0 Å². The first kappa shape index (κ1) is 17.7. The molecule has 3 amide bonds. The Morgan fingerprint density at radius 1 is 1.19 bits per heavy atom. The summed E-state index contributed by atoms with van der Waals surface area (Å²) in [6.07, 6.45) is 5.70. The van der Waals surface area contributed by atoms with Crippen molar-refractivity contribution in [2.75, 3.05) is 0 Å². The topological polar surface area (TPSA) is 79.6 Å². The van der Waals surface area contributed by atoms with E-state index in [9.17, 15) is 9.59 Å². The second-order valence-corrected chi connectivity index (χ2v) is 7.33. The average molecular weight is 386 g/mol. The molecule has 0 atom stereocenters. The van der Waals surface area contributed by atoms with Crippen LogP contribution in [-0.4, -0.2) is 38.5 Å². The molecule has 7 nitrogen and oxygen atoms in total. The van der Waals surface area contributed by atoms with Gasteiger partial charge >= 0.3 is 6.03 Å². The second kappa shape index (κ2) is 6.81.